The molecule has 0 atom stereocenters. The fourth-order valence-electron chi connectivity index (χ4n) is 5.11. The zero-order valence-electron chi connectivity index (χ0n) is 25.7. The minimum Gasteiger partial charge on any atom is -0.500 e. The Morgan fingerprint density at radius 3 is 2.21 bits per heavy atom. The number of aromatic nitrogens is 2. The number of benzene rings is 3. The van der Waals surface area contributed by atoms with Crippen LogP contribution in [0.3, 0.4) is 0 Å². The molecule has 0 aliphatic heterocycles. The Balaban J connectivity index is 0.000000243. The van der Waals surface area contributed by atoms with Crippen LogP contribution in [0.15, 0.2) is 83.5 Å². The number of aryl methyl sites for hydroxylation is 3. The van der Waals surface area contributed by atoms with Gasteiger partial charge in [0.2, 0.25) is 0 Å². The van der Waals surface area contributed by atoms with Crippen molar-refractivity contribution in [3.63, 3.8) is 0 Å². The van der Waals surface area contributed by atoms with Crippen molar-refractivity contribution in [1.29, 1.82) is 0 Å². The second-order valence-electron chi connectivity index (χ2n) is 12.2. The maximum atomic E-state index is 6.49. The van der Waals surface area contributed by atoms with Crippen LogP contribution in [0.1, 0.15) is 42.0 Å². The smallest absolute Gasteiger partial charge is 0.123 e. The maximum absolute atomic E-state index is 6.49. The molecule has 0 aliphatic rings. The molecule has 42 heavy (non-hydrogen) atoms. The quantitative estimate of drug-likeness (QED) is 0.133. The molecule has 0 N–H and O–H groups in total. The van der Waals surface area contributed by atoms with Gasteiger partial charge in [0, 0.05) is 46.0 Å². The van der Waals surface area contributed by atoms with Crippen LogP contribution in [0.25, 0.3) is 44.5 Å². The molecule has 0 fully saturated rings. The summed E-state index contributed by atoms with van der Waals surface area (Å²) in [7, 11) is -1.57. The van der Waals surface area contributed by atoms with Gasteiger partial charge in [-0.3, -0.25) is 0 Å². The van der Waals surface area contributed by atoms with Gasteiger partial charge in [0.15, 0.2) is 0 Å². The topological polar surface area (TPSA) is 38.9 Å². The number of nitrogens with zero attached hydrogens (tertiary/aromatic N) is 2. The van der Waals surface area contributed by atoms with E-state index in [0.717, 1.165) is 33.7 Å². The average molecular weight is 747 g/mol. The van der Waals surface area contributed by atoms with E-state index in [2.05, 4.69) is 101 Å². The molecule has 0 bridgehead atoms. The van der Waals surface area contributed by atoms with Gasteiger partial charge in [0.05, 0.1) is 5.58 Å². The van der Waals surface area contributed by atoms with Crippen molar-refractivity contribution in [3.05, 3.63) is 114 Å². The van der Waals surface area contributed by atoms with Crippen molar-refractivity contribution >= 4 is 35.2 Å². The van der Waals surface area contributed by atoms with Crippen LogP contribution in [0.5, 0.6) is 0 Å². The molecule has 217 valence electrons. The molecule has 0 spiro atoms. The Hall–Kier alpha value is -3.37. The normalized spacial score (nSPS) is 11.4. The second kappa shape index (κ2) is 12.9. The van der Waals surface area contributed by atoms with Crippen LogP contribution in [0, 0.1) is 32.9 Å². The van der Waals surface area contributed by atoms with Crippen LogP contribution >= 0.6 is 0 Å². The van der Waals surface area contributed by atoms with E-state index in [9.17, 15) is 0 Å². The van der Waals surface area contributed by atoms with Gasteiger partial charge in [-0.15, -0.1) is 53.2 Å². The molecule has 1 radical (unpaired) electrons. The fourth-order valence-corrected chi connectivity index (χ4v) is 6.61. The van der Waals surface area contributed by atoms with Crippen molar-refractivity contribution in [2.24, 2.45) is 0 Å². The van der Waals surface area contributed by atoms with E-state index in [-0.39, 0.29) is 20.1 Å². The first-order valence-electron chi connectivity index (χ1n) is 14.3. The van der Waals surface area contributed by atoms with Gasteiger partial charge in [0.1, 0.15) is 5.58 Å². The van der Waals surface area contributed by atoms with Crippen molar-refractivity contribution in [2.45, 2.75) is 60.2 Å². The van der Waals surface area contributed by atoms with E-state index >= 15 is 0 Å². The Labute approximate surface area is 264 Å². The van der Waals surface area contributed by atoms with Crippen LogP contribution in [0.2, 0.25) is 19.6 Å². The Morgan fingerprint density at radius 2 is 1.60 bits per heavy atom. The molecule has 0 amide bonds. The number of fused-ring (bicyclic) bond motifs is 3. The predicted molar refractivity (Wildman–Crippen MR) is 176 cm³/mol. The van der Waals surface area contributed by atoms with Gasteiger partial charge in [-0.1, -0.05) is 86.4 Å². The molecule has 3 heterocycles. The van der Waals surface area contributed by atoms with Gasteiger partial charge < -0.3 is 14.4 Å². The number of rotatable bonds is 4. The van der Waals surface area contributed by atoms with Crippen molar-refractivity contribution < 1.29 is 24.5 Å². The zero-order valence-corrected chi connectivity index (χ0v) is 29.1. The largest absolute Gasteiger partial charge is 0.500 e. The van der Waals surface area contributed by atoms with Crippen molar-refractivity contribution in [3.8, 4) is 22.5 Å². The molecule has 6 aromatic rings. The molecule has 0 saturated heterocycles. The van der Waals surface area contributed by atoms with E-state index in [1.807, 2.05) is 49.6 Å². The molecule has 5 heteroatoms. The molecule has 3 nitrogen and oxygen atoms in total. The molecular weight excluding hydrogens is 709 g/mol. The third kappa shape index (κ3) is 6.49. The predicted octanol–water partition coefficient (Wildman–Crippen LogP) is 9.59. The van der Waals surface area contributed by atoms with Gasteiger partial charge in [-0.2, -0.15) is 0 Å². The van der Waals surface area contributed by atoms with E-state index in [4.69, 9.17) is 9.40 Å². The number of hydrogen-bond donors (Lipinski definition) is 0. The summed E-state index contributed by atoms with van der Waals surface area (Å²) >= 11 is 0. The van der Waals surface area contributed by atoms with Gasteiger partial charge in [0.25, 0.3) is 0 Å². The number of para-hydroxylation sites is 1. The molecule has 0 unspecified atom stereocenters. The molecule has 3 aromatic heterocycles. The molecule has 3 aromatic carbocycles. The average Bonchev–Trinajstić information content (AvgIpc) is 3.34. The van der Waals surface area contributed by atoms with Gasteiger partial charge in [-0.05, 0) is 54.8 Å². The van der Waals surface area contributed by atoms with E-state index in [0.29, 0.717) is 5.92 Å². The standard InChI is InChI=1S/C25H28NOSi.C12H10N.Ir/c1-15(2)18-13-17(4)23(26-14-18)20-11-12-21(28(5,6)7)22-19-10-8-9-16(3)24(19)27-25(20)22;1-10-7-8-12(13-9-10)11-5-3-2-4-6-11;/h8-10,12-15H,1-7H3;2-5,7-9H,1H3;/q2*-1;. The van der Waals surface area contributed by atoms with Gasteiger partial charge in [-0.25, -0.2) is 0 Å². The zero-order chi connectivity index (χ0) is 29.3. The Bertz CT molecular complexity index is 1820. The molecule has 6 rings (SSSR count). The molecule has 0 saturated carbocycles. The Kier molecular flexibility index (Phi) is 9.67. The summed E-state index contributed by atoms with van der Waals surface area (Å²) in [6, 6.07) is 29.5. The second-order valence-corrected chi connectivity index (χ2v) is 17.2. The first kappa shape index (κ1) is 31.6. The first-order valence-corrected chi connectivity index (χ1v) is 17.8. The summed E-state index contributed by atoms with van der Waals surface area (Å²) in [5.74, 6) is 0.465. The first-order chi connectivity index (χ1) is 19.5. The van der Waals surface area contributed by atoms with E-state index in [1.165, 1.54) is 38.2 Å². The number of hydrogen-bond acceptors (Lipinski definition) is 3. The third-order valence-electron chi connectivity index (χ3n) is 7.48. The van der Waals surface area contributed by atoms with Crippen LogP contribution in [-0.4, -0.2) is 18.0 Å². The summed E-state index contributed by atoms with van der Waals surface area (Å²) < 4.78 is 6.49. The summed E-state index contributed by atoms with van der Waals surface area (Å²) in [5, 5.41) is 3.85. The van der Waals surface area contributed by atoms with Gasteiger partial charge >= 0.3 is 0 Å². The van der Waals surface area contributed by atoms with Crippen LogP contribution in [0.4, 0.5) is 0 Å². The minimum atomic E-state index is -1.57. The summed E-state index contributed by atoms with van der Waals surface area (Å²) in [4.78, 5) is 9.14. The SMILES string of the molecule is Cc1cc(C(C)C)cnc1-c1[c-]cc([Si](C)(C)C)c2c1oc1c(C)cccc12.Cc1ccc(-c2[c-]cccc2)nc1.[Ir]. The monoisotopic (exact) mass is 747 g/mol. The third-order valence-corrected chi connectivity index (χ3v) is 9.49. The Morgan fingerprint density at radius 1 is 0.810 bits per heavy atom. The van der Waals surface area contributed by atoms with E-state index < -0.39 is 8.07 Å². The summed E-state index contributed by atoms with van der Waals surface area (Å²) in [5.41, 5.74) is 10.6. The number of pyridine rings is 2. The molecule has 0 aliphatic carbocycles. The fraction of sp³-hybridized carbons (Fsp3) is 0.243. The summed E-state index contributed by atoms with van der Waals surface area (Å²) in [6.07, 6.45) is 3.86. The summed E-state index contributed by atoms with van der Waals surface area (Å²) in [6.45, 7) is 17.8. The minimum absolute atomic E-state index is 0. The van der Waals surface area contributed by atoms with Crippen LogP contribution in [-0.2, 0) is 20.1 Å². The van der Waals surface area contributed by atoms with E-state index in [1.54, 1.807) is 0 Å². The van der Waals surface area contributed by atoms with Crippen molar-refractivity contribution in [1.82, 2.24) is 9.97 Å². The van der Waals surface area contributed by atoms with Crippen LogP contribution < -0.4 is 5.19 Å². The number of furan rings is 1. The maximum Gasteiger partial charge on any atom is 0.123 e. The molecular formula is C37H38IrN2OSi-2. The van der Waals surface area contributed by atoms with Crippen molar-refractivity contribution in [2.75, 3.05) is 0 Å².